The third-order valence-corrected chi connectivity index (χ3v) is 4.51. The van der Waals surface area contributed by atoms with Crippen LogP contribution in [0.2, 0.25) is 0 Å². The van der Waals surface area contributed by atoms with E-state index in [-0.39, 0.29) is 17.5 Å². The third kappa shape index (κ3) is 7.21. The van der Waals surface area contributed by atoms with Crippen molar-refractivity contribution in [3.8, 4) is 0 Å². The minimum absolute atomic E-state index is 0.0605. The van der Waals surface area contributed by atoms with Crippen LogP contribution in [0.15, 0.2) is 0 Å². The highest BCUT2D eigenvalue weighted by Gasteiger charge is 2.28. The van der Waals surface area contributed by atoms with E-state index < -0.39 is 0 Å². The van der Waals surface area contributed by atoms with Crippen molar-refractivity contribution in [1.29, 1.82) is 0 Å². The molecule has 1 aliphatic carbocycles. The Balaban J connectivity index is 1.89. The summed E-state index contributed by atoms with van der Waals surface area (Å²) in [6.45, 7) is 2.25. The number of rotatable bonds is 11. The van der Waals surface area contributed by atoms with Gasteiger partial charge in [0.05, 0.1) is 0 Å². The molecule has 0 saturated heterocycles. The van der Waals surface area contributed by atoms with Crippen molar-refractivity contribution in [1.82, 2.24) is 0 Å². The second-order valence-corrected chi connectivity index (χ2v) is 6.35. The van der Waals surface area contributed by atoms with Crippen molar-refractivity contribution in [3.63, 3.8) is 0 Å². The highest BCUT2D eigenvalue weighted by Crippen LogP contribution is 2.24. The highest BCUT2D eigenvalue weighted by molar-refractivity contribution is 6.38. The van der Waals surface area contributed by atoms with Gasteiger partial charge in [0, 0.05) is 12.3 Å². The van der Waals surface area contributed by atoms with E-state index in [1.165, 1.54) is 57.8 Å². The van der Waals surface area contributed by atoms with E-state index in [2.05, 4.69) is 6.92 Å². The standard InChI is InChI=1S/C18H32O2/c1-2-3-4-5-6-7-8-9-10-11-13-16-14-12-15-17(19)18(16)20/h16H,2-15H2,1H3. The van der Waals surface area contributed by atoms with Gasteiger partial charge in [-0.25, -0.2) is 0 Å². The molecular weight excluding hydrogens is 248 g/mol. The Bertz CT molecular complexity index is 283. The monoisotopic (exact) mass is 280 g/mol. The molecule has 0 N–H and O–H groups in total. The molecule has 1 fully saturated rings. The number of ketones is 2. The van der Waals surface area contributed by atoms with E-state index in [0.29, 0.717) is 6.42 Å². The molecule has 1 unspecified atom stereocenters. The summed E-state index contributed by atoms with van der Waals surface area (Å²) < 4.78 is 0. The van der Waals surface area contributed by atoms with E-state index in [1.54, 1.807) is 0 Å². The van der Waals surface area contributed by atoms with E-state index in [1.807, 2.05) is 0 Å². The molecule has 0 aromatic carbocycles. The van der Waals surface area contributed by atoms with Gasteiger partial charge in [0.2, 0.25) is 5.78 Å². The first kappa shape index (κ1) is 17.4. The van der Waals surface area contributed by atoms with Crippen molar-refractivity contribution in [2.75, 3.05) is 0 Å². The minimum atomic E-state index is -0.117. The van der Waals surface area contributed by atoms with Crippen LogP contribution in [-0.2, 0) is 9.59 Å². The Labute approximate surface area is 124 Å². The Morgan fingerprint density at radius 2 is 1.40 bits per heavy atom. The topological polar surface area (TPSA) is 34.1 Å². The van der Waals surface area contributed by atoms with Gasteiger partial charge in [-0.15, -0.1) is 0 Å². The maximum absolute atomic E-state index is 11.7. The van der Waals surface area contributed by atoms with E-state index in [4.69, 9.17) is 0 Å². The van der Waals surface area contributed by atoms with Gasteiger partial charge in [-0.2, -0.15) is 0 Å². The smallest absolute Gasteiger partial charge is 0.201 e. The zero-order chi connectivity index (χ0) is 14.6. The molecule has 0 heterocycles. The molecule has 0 spiro atoms. The number of hydrogen-bond acceptors (Lipinski definition) is 2. The van der Waals surface area contributed by atoms with Gasteiger partial charge >= 0.3 is 0 Å². The zero-order valence-corrected chi connectivity index (χ0v) is 13.3. The maximum atomic E-state index is 11.7. The molecule has 1 atom stereocenters. The first-order chi connectivity index (χ1) is 9.75. The van der Waals surface area contributed by atoms with Gasteiger partial charge in [0.15, 0.2) is 5.78 Å². The van der Waals surface area contributed by atoms with Crippen LogP contribution in [0.4, 0.5) is 0 Å². The second-order valence-electron chi connectivity index (χ2n) is 6.35. The predicted molar refractivity (Wildman–Crippen MR) is 83.8 cm³/mol. The van der Waals surface area contributed by atoms with E-state index in [9.17, 15) is 9.59 Å². The second kappa shape index (κ2) is 11.0. The van der Waals surface area contributed by atoms with Gasteiger partial charge in [-0.3, -0.25) is 9.59 Å². The molecule has 0 aliphatic heterocycles. The van der Waals surface area contributed by atoms with Crippen LogP contribution in [0.3, 0.4) is 0 Å². The van der Waals surface area contributed by atoms with E-state index >= 15 is 0 Å². The van der Waals surface area contributed by atoms with Crippen LogP contribution < -0.4 is 0 Å². The van der Waals surface area contributed by atoms with Crippen LogP contribution in [0.5, 0.6) is 0 Å². The average molecular weight is 280 g/mol. The Morgan fingerprint density at radius 1 is 0.850 bits per heavy atom. The molecular formula is C18H32O2. The summed E-state index contributed by atoms with van der Waals surface area (Å²) in [4.78, 5) is 23.0. The van der Waals surface area contributed by atoms with Gasteiger partial charge in [-0.05, 0) is 19.3 Å². The molecule has 0 aromatic rings. The lowest BCUT2D eigenvalue weighted by atomic mass is 9.83. The first-order valence-corrected chi connectivity index (χ1v) is 8.82. The van der Waals surface area contributed by atoms with Crippen molar-refractivity contribution in [2.24, 2.45) is 5.92 Å². The summed E-state index contributed by atoms with van der Waals surface area (Å²) >= 11 is 0. The van der Waals surface area contributed by atoms with Crippen LogP contribution >= 0.6 is 0 Å². The predicted octanol–water partition coefficient (Wildman–Crippen LogP) is 5.24. The molecule has 116 valence electrons. The molecule has 1 rings (SSSR count). The summed E-state index contributed by atoms with van der Waals surface area (Å²) in [5, 5.41) is 0. The summed E-state index contributed by atoms with van der Waals surface area (Å²) in [5.41, 5.74) is 0. The van der Waals surface area contributed by atoms with Gasteiger partial charge < -0.3 is 0 Å². The molecule has 0 amide bonds. The number of hydrogen-bond donors (Lipinski definition) is 0. The lowest BCUT2D eigenvalue weighted by molar-refractivity contribution is -0.141. The number of carbonyl (C=O) groups excluding carboxylic acids is 2. The number of Topliss-reactive ketones (excluding diaryl/α,β-unsaturated/α-hetero) is 2. The van der Waals surface area contributed by atoms with Crippen LogP contribution in [0.1, 0.15) is 96.8 Å². The van der Waals surface area contributed by atoms with Crippen LogP contribution in [0.25, 0.3) is 0 Å². The largest absolute Gasteiger partial charge is 0.291 e. The number of carbonyl (C=O) groups is 2. The molecule has 20 heavy (non-hydrogen) atoms. The average Bonchev–Trinajstić information content (AvgIpc) is 2.45. The van der Waals surface area contributed by atoms with Gasteiger partial charge in [0.1, 0.15) is 0 Å². The first-order valence-electron chi connectivity index (χ1n) is 8.82. The molecule has 2 nitrogen and oxygen atoms in total. The summed E-state index contributed by atoms with van der Waals surface area (Å²) in [7, 11) is 0. The van der Waals surface area contributed by atoms with Gasteiger partial charge in [-0.1, -0.05) is 71.1 Å². The molecule has 2 heteroatoms. The van der Waals surface area contributed by atoms with E-state index in [0.717, 1.165) is 25.7 Å². The van der Waals surface area contributed by atoms with Gasteiger partial charge in [0.25, 0.3) is 0 Å². The lowest BCUT2D eigenvalue weighted by Crippen LogP contribution is -2.28. The molecule has 1 aliphatic rings. The van der Waals surface area contributed by atoms with Crippen LogP contribution in [0, 0.1) is 5.92 Å². The third-order valence-electron chi connectivity index (χ3n) is 4.51. The summed E-state index contributed by atoms with van der Waals surface area (Å²) in [6.07, 6.45) is 16.5. The fourth-order valence-corrected chi connectivity index (χ4v) is 3.14. The maximum Gasteiger partial charge on any atom is 0.201 e. The highest BCUT2D eigenvalue weighted by atomic mass is 16.2. The fourth-order valence-electron chi connectivity index (χ4n) is 3.14. The van der Waals surface area contributed by atoms with Crippen molar-refractivity contribution in [2.45, 2.75) is 96.8 Å². The summed E-state index contributed by atoms with van der Waals surface area (Å²) in [6, 6.07) is 0. The van der Waals surface area contributed by atoms with Crippen molar-refractivity contribution >= 4 is 11.6 Å². The molecule has 1 saturated carbocycles. The Hall–Kier alpha value is -0.660. The normalized spacial score (nSPS) is 19.6. The quantitative estimate of drug-likeness (QED) is 0.383. The lowest BCUT2D eigenvalue weighted by Gasteiger charge is -2.18. The Morgan fingerprint density at radius 3 is 2.00 bits per heavy atom. The van der Waals surface area contributed by atoms with Crippen molar-refractivity contribution < 1.29 is 9.59 Å². The van der Waals surface area contributed by atoms with Crippen LogP contribution in [-0.4, -0.2) is 11.6 Å². The van der Waals surface area contributed by atoms with Crippen molar-refractivity contribution in [3.05, 3.63) is 0 Å². The fraction of sp³-hybridized carbons (Fsp3) is 0.889. The SMILES string of the molecule is CCCCCCCCCCCCC1CCCC(=O)C1=O. The molecule has 0 aromatic heterocycles. The molecule has 0 bridgehead atoms. The number of unbranched alkanes of at least 4 members (excludes halogenated alkanes) is 9. The minimum Gasteiger partial charge on any atom is -0.291 e. The summed E-state index contributed by atoms with van der Waals surface area (Å²) in [5.74, 6) is -0.134. The molecule has 0 radical (unpaired) electrons. The zero-order valence-electron chi connectivity index (χ0n) is 13.3. The Kier molecular flexibility index (Phi) is 9.61.